The minimum atomic E-state index is -3.71. The number of aromatic nitrogens is 3. The molecule has 22 heavy (non-hydrogen) atoms. The third-order valence-electron chi connectivity index (χ3n) is 2.70. The summed E-state index contributed by atoms with van der Waals surface area (Å²) >= 11 is 6.90. The summed E-state index contributed by atoms with van der Waals surface area (Å²) in [5.74, 6) is 0. The van der Waals surface area contributed by atoms with Crippen LogP contribution in [-0.2, 0) is 10.0 Å². The maximum absolute atomic E-state index is 12.2. The molecule has 0 radical (unpaired) electrons. The van der Waals surface area contributed by atoms with Gasteiger partial charge in [-0.05, 0) is 36.4 Å². The summed E-state index contributed by atoms with van der Waals surface area (Å²) in [6.07, 6.45) is 3.27. The van der Waals surface area contributed by atoms with E-state index in [4.69, 9.17) is 11.6 Å². The van der Waals surface area contributed by atoms with E-state index in [-0.39, 0.29) is 10.0 Å². The third kappa shape index (κ3) is 3.24. The van der Waals surface area contributed by atoms with Crippen LogP contribution in [0, 0.1) is 0 Å². The number of sulfonamides is 1. The highest BCUT2D eigenvalue weighted by atomic mass is 35.5. The number of benzene rings is 1. The van der Waals surface area contributed by atoms with E-state index >= 15 is 0 Å². The van der Waals surface area contributed by atoms with Crippen LogP contribution in [0.25, 0.3) is 10.6 Å². The maximum atomic E-state index is 12.2. The summed E-state index contributed by atoms with van der Waals surface area (Å²) in [5.41, 5.74) is 0.824. The Kier molecular flexibility index (Phi) is 4.06. The van der Waals surface area contributed by atoms with Crippen molar-refractivity contribution in [2.24, 2.45) is 0 Å². The van der Waals surface area contributed by atoms with E-state index in [1.807, 2.05) is 0 Å². The summed E-state index contributed by atoms with van der Waals surface area (Å²) in [4.78, 5) is 4.03. The molecular weight excluding hydrogens is 344 g/mol. The smallest absolute Gasteiger partial charge is 0.263 e. The number of rotatable bonds is 4. The fraction of sp³-hybridized carbons (Fsp3) is 0. The molecule has 0 spiro atoms. The molecule has 2 heterocycles. The van der Waals surface area contributed by atoms with E-state index in [1.54, 1.807) is 24.5 Å². The van der Waals surface area contributed by atoms with Crippen molar-refractivity contribution in [1.29, 1.82) is 0 Å². The van der Waals surface area contributed by atoms with Gasteiger partial charge in [-0.15, -0.1) is 10.2 Å². The summed E-state index contributed by atoms with van der Waals surface area (Å²) in [5, 5.41) is 9.09. The predicted molar refractivity (Wildman–Crippen MR) is 85.4 cm³/mol. The van der Waals surface area contributed by atoms with Crippen LogP contribution in [0.4, 0.5) is 5.13 Å². The predicted octanol–water partition coefficient (Wildman–Crippen LogP) is 3.05. The molecular formula is C13H9ClN4O2S2. The Bertz CT molecular complexity index is 880. The number of anilines is 1. The van der Waals surface area contributed by atoms with Gasteiger partial charge in [-0.2, -0.15) is 0 Å². The molecule has 0 atom stereocenters. The van der Waals surface area contributed by atoms with Gasteiger partial charge in [0.2, 0.25) is 5.13 Å². The standard InChI is InChI=1S/C13H9ClN4O2S2/c14-10-1-3-11(4-2-10)22(19,20)18-13-17-16-12(21-13)9-5-7-15-8-6-9/h1-8H,(H,17,18). The number of hydrogen-bond acceptors (Lipinski definition) is 6. The minimum absolute atomic E-state index is 0.109. The van der Waals surface area contributed by atoms with Gasteiger partial charge in [0.25, 0.3) is 10.0 Å². The van der Waals surface area contributed by atoms with Gasteiger partial charge in [0.15, 0.2) is 0 Å². The lowest BCUT2D eigenvalue weighted by Gasteiger charge is -2.04. The molecule has 0 aliphatic rings. The topological polar surface area (TPSA) is 84.8 Å². The molecule has 1 aromatic carbocycles. The largest absolute Gasteiger partial charge is 0.265 e. The van der Waals surface area contributed by atoms with Crippen LogP contribution in [0.3, 0.4) is 0 Å². The van der Waals surface area contributed by atoms with Gasteiger partial charge in [0.05, 0.1) is 4.90 Å². The van der Waals surface area contributed by atoms with Gasteiger partial charge in [-0.1, -0.05) is 22.9 Å². The first-order valence-electron chi connectivity index (χ1n) is 6.07. The van der Waals surface area contributed by atoms with Gasteiger partial charge in [-0.25, -0.2) is 8.42 Å². The van der Waals surface area contributed by atoms with E-state index in [2.05, 4.69) is 19.9 Å². The minimum Gasteiger partial charge on any atom is -0.265 e. The van der Waals surface area contributed by atoms with Gasteiger partial charge < -0.3 is 0 Å². The van der Waals surface area contributed by atoms with Crippen molar-refractivity contribution in [2.45, 2.75) is 4.90 Å². The number of nitrogens with zero attached hydrogens (tertiary/aromatic N) is 3. The SMILES string of the molecule is O=S(=O)(Nc1nnc(-c2ccncc2)s1)c1ccc(Cl)cc1. The molecule has 0 unspecified atom stereocenters. The van der Waals surface area contributed by atoms with Gasteiger partial charge >= 0.3 is 0 Å². The van der Waals surface area contributed by atoms with Crippen LogP contribution < -0.4 is 4.72 Å². The highest BCUT2D eigenvalue weighted by Crippen LogP contribution is 2.27. The van der Waals surface area contributed by atoms with Crippen molar-refractivity contribution in [3.63, 3.8) is 0 Å². The quantitative estimate of drug-likeness (QED) is 0.780. The second-order valence-corrected chi connectivity index (χ2v) is 7.30. The molecule has 2 aromatic heterocycles. The number of pyridine rings is 1. The molecule has 0 fully saturated rings. The number of nitrogens with one attached hydrogen (secondary N) is 1. The third-order valence-corrected chi connectivity index (χ3v) is 5.32. The average Bonchev–Trinajstić information content (AvgIpc) is 2.96. The van der Waals surface area contributed by atoms with Crippen LogP contribution in [0.5, 0.6) is 0 Å². The van der Waals surface area contributed by atoms with Crippen LogP contribution in [0.2, 0.25) is 5.02 Å². The first-order valence-corrected chi connectivity index (χ1v) is 8.75. The molecule has 3 rings (SSSR count). The average molecular weight is 353 g/mol. The highest BCUT2D eigenvalue weighted by molar-refractivity contribution is 7.93. The van der Waals surface area contributed by atoms with Crippen LogP contribution in [0.15, 0.2) is 53.7 Å². The molecule has 0 aliphatic heterocycles. The van der Waals surface area contributed by atoms with Crippen molar-refractivity contribution in [1.82, 2.24) is 15.2 Å². The summed E-state index contributed by atoms with van der Waals surface area (Å²) in [7, 11) is -3.71. The first-order chi connectivity index (χ1) is 10.5. The van der Waals surface area contributed by atoms with Gasteiger partial charge in [0, 0.05) is 23.0 Å². The molecule has 6 nitrogen and oxygen atoms in total. The summed E-state index contributed by atoms with van der Waals surface area (Å²) in [6, 6.07) is 9.43. The first kappa shape index (κ1) is 14.9. The van der Waals surface area contributed by atoms with Crippen LogP contribution in [-0.4, -0.2) is 23.6 Å². The zero-order valence-electron chi connectivity index (χ0n) is 11.0. The Labute approximate surface area is 135 Å². The fourth-order valence-electron chi connectivity index (χ4n) is 1.66. The maximum Gasteiger partial charge on any atom is 0.263 e. The second-order valence-electron chi connectivity index (χ2n) is 4.21. The molecule has 0 saturated heterocycles. The van der Waals surface area contributed by atoms with Crippen molar-refractivity contribution in [2.75, 3.05) is 4.72 Å². The summed E-state index contributed by atoms with van der Waals surface area (Å²) in [6.45, 7) is 0. The highest BCUT2D eigenvalue weighted by Gasteiger charge is 2.17. The lowest BCUT2D eigenvalue weighted by Crippen LogP contribution is -2.12. The molecule has 0 aliphatic carbocycles. The monoisotopic (exact) mass is 352 g/mol. The lowest BCUT2D eigenvalue weighted by molar-refractivity contribution is 0.601. The second kappa shape index (κ2) is 5.99. The van der Waals surface area contributed by atoms with Crippen LogP contribution >= 0.6 is 22.9 Å². The normalized spacial score (nSPS) is 11.3. The molecule has 0 amide bonds. The molecule has 3 aromatic rings. The molecule has 112 valence electrons. The van der Waals surface area contributed by atoms with Crippen molar-refractivity contribution < 1.29 is 8.42 Å². The molecule has 0 bridgehead atoms. The Morgan fingerprint density at radius 3 is 2.36 bits per heavy atom. The van der Waals surface area contributed by atoms with Crippen LogP contribution in [0.1, 0.15) is 0 Å². The van der Waals surface area contributed by atoms with E-state index in [0.29, 0.717) is 10.0 Å². The zero-order chi connectivity index (χ0) is 15.6. The number of hydrogen-bond donors (Lipinski definition) is 1. The van der Waals surface area contributed by atoms with E-state index in [1.165, 1.54) is 24.3 Å². The Balaban J connectivity index is 1.84. The van der Waals surface area contributed by atoms with Crippen molar-refractivity contribution in [3.8, 4) is 10.6 Å². The van der Waals surface area contributed by atoms with Crippen molar-refractivity contribution >= 4 is 38.1 Å². The Morgan fingerprint density at radius 2 is 1.68 bits per heavy atom. The van der Waals surface area contributed by atoms with E-state index in [9.17, 15) is 8.42 Å². The van der Waals surface area contributed by atoms with Gasteiger partial charge in [0.1, 0.15) is 5.01 Å². The Hall–Kier alpha value is -2.03. The fourth-order valence-corrected chi connectivity index (χ4v) is 3.77. The molecule has 9 heteroatoms. The summed E-state index contributed by atoms with van der Waals surface area (Å²) < 4.78 is 26.9. The van der Waals surface area contributed by atoms with E-state index in [0.717, 1.165) is 16.9 Å². The van der Waals surface area contributed by atoms with E-state index < -0.39 is 10.0 Å². The number of halogens is 1. The molecule has 0 saturated carbocycles. The van der Waals surface area contributed by atoms with Gasteiger partial charge in [-0.3, -0.25) is 9.71 Å². The molecule has 1 N–H and O–H groups in total. The van der Waals surface area contributed by atoms with Crippen molar-refractivity contribution in [3.05, 3.63) is 53.8 Å². The Morgan fingerprint density at radius 1 is 1.00 bits per heavy atom. The lowest BCUT2D eigenvalue weighted by atomic mass is 10.3. The zero-order valence-corrected chi connectivity index (χ0v) is 13.4.